The first-order valence-electron chi connectivity index (χ1n) is 12.5. The smallest absolute Gasteiger partial charge is 0.410 e. The second kappa shape index (κ2) is 9.72. The number of piperidine rings is 1. The van der Waals surface area contributed by atoms with E-state index < -0.39 is 5.60 Å². The van der Waals surface area contributed by atoms with Gasteiger partial charge in [-0.15, -0.1) is 0 Å². The third-order valence-electron chi connectivity index (χ3n) is 6.55. The Balaban J connectivity index is 1.39. The van der Waals surface area contributed by atoms with E-state index in [0.717, 1.165) is 67.1 Å². The van der Waals surface area contributed by atoms with Crippen molar-refractivity contribution in [1.29, 1.82) is 0 Å². The summed E-state index contributed by atoms with van der Waals surface area (Å²) in [6, 6.07) is 10.2. The minimum atomic E-state index is -0.472. The van der Waals surface area contributed by atoms with Gasteiger partial charge < -0.3 is 14.2 Å². The first-order chi connectivity index (χ1) is 17.3. The van der Waals surface area contributed by atoms with E-state index >= 15 is 0 Å². The summed E-state index contributed by atoms with van der Waals surface area (Å²) in [7, 11) is 0. The molecule has 0 aliphatic carbocycles. The lowest BCUT2D eigenvalue weighted by atomic mass is 9.93. The van der Waals surface area contributed by atoms with Crippen LogP contribution in [0.2, 0.25) is 0 Å². The van der Waals surface area contributed by atoms with Gasteiger partial charge in [-0.2, -0.15) is 4.98 Å². The van der Waals surface area contributed by atoms with Crippen LogP contribution in [0.5, 0.6) is 0 Å². The number of rotatable bonds is 5. The number of likely N-dealkylation sites (tertiary alicyclic amines) is 1. The molecular formula is C27H33N7O2. The van der Waals surface area contributed by atoms with Gasteiger partial charge in [0.05, 0.1) is 5.69 Å². The molecule has 0 N–H and O–H groups in total. The molecule has 188 valence electrons. The topological polar surface area (TPSA) is 91.0 Å². The van der Waals surface area contributed by atoms with E-state index in [1.165, 1.54) is 0 Å². The minimum absolute atomic E-state index is 0.216. The number of imidazole rings is 2. The van der Waals surface area contributed by atoms with Crippen LogP contribution in [0.25, 0.3) is 28.5 Å². The lowest BCUT2D eigenvalue weighted by Crippen LogP contribution is -2.41. The van der Waals surface area contributed by atoms with Crippen molar-refractivity contribution in [2.24, 2.45) is 5.92 Å². The highest BCUT2D eigenvalue weighted by Gasteiger charge is 2.27. The van der Waals surface area contributed by atoms with Gasteiger partial charge in [-0.1, -0.05) is 30.3 Å². The maximum absolute atomic E-state index is 12.4. The molecule has 1 amide bonds. The van der Waals surface area contributed by atoms with Crippen LogP contribution in [0.3, 0.4) is 0 Å². The Morgan fingerprint density at radius 2 is 1.83 bits per heavy atom. The van der Waals surface area contributed by atoms with E-state index in [9.17, 15) is 4.79 Å². The highest BCUT2D eigenvalue weighted by Crippen LogP contribution is 2.29. The minimum Gasteiger partial charge on any atom is -0.444 e. The molecule has 1 fully saturated rings. The Bertz CT molecular complexity index is 1330. The maximum atomic E-state index is 12.4. The summed E-state index contributed by atoms with van der Waals surface area (Å²) in [5.41, 5.74) is 3.07. The molecular weight excluding hydrogens is 454 g/mol. The Morgan fingerprint density at radius 1 is 1.08 bits per heavy atom. The van der Waals surface area contributed by atoms with Crippen molar-refractivity contribution in [2.45, 2.75) is 59.1 Å². The van der Waals surface area contributed by atoms with E-state index in [1.54, 1.807) is 12.5 Å². The second-order valence-corrected chi connectivity index (χ2v) is 10.4. The highest BCUT2D eigenvalue weighted by atomic mass is 16.6. The molecule has 0 unspecified atom stereocenters. The Hall–Kier alpha value is -3.75. The van der Waals surface area contributed by atoms with E-state index in [1.807, 2.05) is 61.6 Å². The summed E-state index contributed by atoms with van der Waals surface area (Å²) in [6.45, 7) is 9.92. The third kappa shape index (κ3) is 5.10. The number of aryl methyl sites for hydroxylation is 2. The molecule has 0 radical (unpaired) electrons. The lowest BCUT2D eigenvalue weighted by molar-refractivity contribution is 0.0180. The number of benzene rings is 1. The van der Waals surface area contributed by atoms with Gasteiger partial charge in [-0.25, -0.2) is 19.7 Å². The van der Waals surface area contributed by atoms with Gasteiger partial charge in [0.1, 0.15) is 23.3 Å². The summed E-state index contributed by atoms with van der Waals surface area (Å²) in [4.78, 5) is 33.0. The number of amides is 1. The molecule has 0 saturated carbocycles. The van der Waals surface area contributed by atoms with Crippen LogP contribution in [0, 0.1) is 12.8 Å². The molecule has 0 atom stereocenters. The normalized spacial score (nSPS) is 14.9. The predicted octanol–water partition coefficient (Wildman–Crippen LogP) is 5.02. The van der Waals surface area contributed by atoms with Crippen molar-refractivity contribution < 1.29 is 9.53 Å². The van der Waals surface area contributed by atoms with Crippen LogP contribution >= 0.6 is 0 Å². The van der Waals surface area contributed by atoms with Gasteiger partial charge in [0.15, 0.2) is 5.65 Å². The Kier molecular flexibility index (Phi) is 6.47. The van der Waals surface area contributed by atoms with Crippen LogP contribution in [-0.2, 0) is 11.3 Å². The van der Waals surface area contributed by atoms with Gasteiger partial charge >= 0.3 is 6.09 Å². The molecule has 1 aromatic carbocycles. The van der Waals surface area contributed by atoms with Crippen molar-refractivity contribution in [2.75, 3.05) is 13.1 Å². The molecule has 9 heteroatoms. The largest absolute Gasteiger partial charge is 0.444 e. The zero-order valence-electron chi connectivity index (χ0n) is 21.4. The first kappa shape index (κ1) is 24.0. The van der Waals surface area contributed by atoms with Gasteiger partial charge in [-0.05, 0) is 52.9 Å². The van der Waals surface area contributed by atoms with Gasteiger partial charge in [0.2, 0.25) is 5.95 Å². The van der Waals surface area contributed by atoms with Crippen molar-refractivity contribution in [3.8, 4) is 17.3 Å². The van der Waals surface area contributed by atoms with E-state index in [2.05, 4.69) is 26.7 Å². The molecule has 0 spiro atoms. The molecule has 4 heterocycles. The zero-order valence-corrected chi connectivity index (χ0v) is 21.4. The molecule has 1 aliphatic rings. The summed E-state index contributed by atoms with van der Waals surface area (Å²) in [6.07, 6.45) is 7.96. The van der Waals surface area contributed by atoms with Crippen molar-refractivity contribution in [3.05, 3.63) is 54.7 Å². The molecule has 9 nitrogen and oxygen atoms in total. The monoisotopic (exact) mass is 487 g/mol. The van der Waals surface area contributed by atoms with Gasteiger partial charge in [0.25, 0.3) is 0 Å². The third-order valence-corrected chi connectivity index (χ3v) is 6.55. The number of hydrogen-bond acceptors (Lipinski definition) is 6. The second-order valence-electron chi connectivity index (χ2n) is 10.4. The van der Waals surface area contributed by atoms with Gasteiger partial charge in [-0.3, -0.25) is 4.57 Å². The zero-order chi connectivity index (χ0) is 25.3. The predicted molar refractivity (Wildman–Crippen MR) is 138 cm³/mol. The molecule has 5 rings (SSSR count). The average Bonchev–Trinajstić information content (AvgIpc) is 3.51. The summed E-state index contributed by atoms with van der Waals surface area (Å²) in [5.74, 6) is 2.00. The lowest BCUT2D eigenvalue weighted by Gasteiger charge is -2.33. The van der Waals surface area contributed by atoms with Crippen LogP contribution in [0.4, 0.5) is 4.79 Å². The fraction of sp³-hybridized carbons (Fsp3) is 0.444. The SMILES string of the molecule is Cc1nc(-n2ccnc2)nc2c1nc(-c1ccccc1)n2CCC1CCN(C(=O)OC(C)(C)C)CC1. The van der Waals surface area contributed by atoms with Crippen LogP contribution in [0.15, 0.2) is 49.1 Å². The number of carbonyl (C=O) groups is 1. The number of hydrogen-bond donors (Lipinski definition) is 0. The quantitative estimate of drug-likeness (QED) is 0.392. The first-order valence-corrected chi connectivity index (χ1v) is 12.5. The fourth-order valence-electron chi connectivity index (χ4n) is 4.68. The van der Waals surface area contributed by atoms with E-state index in [0.29, 0.717) is 11.9 Å². The molecule has 3 aromatic heterocycles. The molecule has 1 saturated heterocycles. The molecule has 0 bridgehead atoms. The van der Waals surface area contributed by atoms with Gasteiger partial charge in [0, 0.05) is 37.6 Å². The van der Waals surface area contributed by atoms with E-state index in [-0.39, 0.29) is 6.09 Å². The number of ether oxygens (including phenoxy) is 1. The molecule has 1 aliphatic heterocycles. The van der Waals surface area contributed by atoms with Crippen molar-refractivity contribution in [1.82, 2.24) is 34.0 Å². The average molecular weight is 488 g/mol. The van der Waals surface area contributed by atoms with Crippen LogP contribution < -0.4 is 0 Å². The molecule has 36 heavy (non-hydrogen) atoms. The number of aromatic nitrogens is 6. The number of nitrogens with zero attached hydrogens (tertiary/aromatic N) is 7. The van der Waals surface area contributed by atoms with E-state index in [4.69, 9.17) is 14.7 Å². The van der Waals surface area contributed by atoms with Crippen LogP contribution in [-0.4, -0.2) is 58.8 Å². The van der Waals surface area contributed by atoms with Crippen LogP contribution in [0.1, 0.15) is 45.7 Å². The summed E-state index contributed by atoms with van der Waals surface area (Å²) in [5, 5.41) is 0. The highest BCUT2D eigenvalue weighted by molar-refractivity contribution is 5.79. The number of carbonyl (C=O) groups excluding carboxylic acids is 1. The van der Waals surface area contributed by atoms with Crippen molar-refractivity contribution in [3.63, 3.8) is 0 Å². The molecule has 4 aromatic rings. The Morgan fingerprint density at radius 3 is 2.50 bits per heavy atom. The Labute approximate surface area is 211 Å². The number of fused-ring (bicyclic) bond motifs is 1. The fourth-order valence-corrected chi connectivity index (χ4v) is 4.68. The van der Waals surface area contributed by atoms with Crippen molar-refractivity contribution >= 4 is 17.3 Å². The summed E-state index contributed by atoms with van der Waals surface area (Å²) >= 11 is 0. The maximum Gasteiger partial charge on any atom is 0.410 e. The summed E-state index contributed by atoms with van der Waals surface area (Å²) < 4.78 is 9.59. The standard InChI is InChI=1S/C27H33N7O2/c1-19-22-24(31-25(29-19)33-17-13-28-18-33)34(23(30-22)21-8-6-5-7-9-21)16-12-20-10-14-32(15-11-20)26(35)36-27(2,3)4/h5-9,13,17-18,20H,10-12,14-16H2,1-4H3.